The van der Waals surface area contributed by atoms with E-state index in [2.05, 4.69) is 0 Å². The molecule has 0 fully saturated rings. The van der Waals surface area contributed by atoms with Gasteiger partial charge >= 0.3 is 5.88 Å². The van der Waals surface area contributed by atoms with E-state index in [4.69, 9.17) is 14.9 Å². The number of nitrogens with zero attached hydrogens (tertiary/aromatic N) is 1. The van der Waals surface area contributed by atoms with Crippen molar-refractivity contribution in [2.45, 2.75) is 6.61 Å². The predicted molar refractivity (Wildman–Crippen MR) is 60.5 cm³/mol. The summed E-state index contributed by atoms with van der Waals surface area (Å²) in [7, 11) is 0. The largest absolute Gasteiger partial charge is 0.486 e. The van der Waals surface area contributed by atoms with Gasteiger partial charge in [0.15, 0.2) is 0 Å². The molecule has 17 heavy (non-hydrogen) atoms. The Morgan fingerprint density at radius 2 is 1.94 bits per heavy atom. The number of rotatable bonds is 4. The minimum absolute atomic E-state index is 0.137. The Labute approximate surface area is 96.8 Å². The highest BCUT2D eigenvalue weighted by Crippen LogP contribution is 2.19. The highest BCUT2D eigenvalue weighted by Gasteiger charge is 2.11. The van der Waals surface area contributed by atoms with Gasteiger partial charge in [-0.3, -0.25) is 10.1 Å². The molecule has 2 aromatic rings. The third kappa shape index (κ3) is 2.75. The summed E-state index contributed by atoms with van der Waals surface area (Å²) in [4.78, 5) is 9.79. The highest BCUT2D eigenvalue weighted by atomic mass is 16.6. The van der Waals surface area contributed by atoms with E-state index in [0.717, 1.165) is 0 Å². The summed E-state index contributed by atoms with van der Waals surface area (Å²) >= 11 is 0. The first kappa shape index (κ1) is 11.0. The molecule has 0 aliphatic heterocycles. The lowest BCUT2D eigenvalue weighted by molar-refractivity contribution is -0.402. The number of hydrogen-bond acceptors (Lipinski definition) is 5. The average Bonchev–Trinajstić information content (AvgIpc) is 2.77. The van der Waals surface area contributed by atoms with Gasteiger partial charge in [-0.25, -0.2) is 0 Å². The average molecular weight is 234 g/mol. The monoisotopic (exact) mass is 234 g/mol. The first-order valence-corrected chi connectivity index (χ1v) is 4.86. The highest BCUT2D eigenvalue weighted by molar-refractivity contribution is 5.41. The van der Waals surface area contributed by atoms with Crippen LogP contribution in [0.15, 0.2) is 40.8 Å². The molecule has 1 aromatic heterocycles. The quantitative estimate of drug-likeness (QED) is 0.498. The second kappa shape index (κ2) is 4.56. The number of ether oxygens (including phenoxy) is 1. The maximum absolute atomic E-state index is 10.4. The van der Waals surface area contributed by atoms with Crippen molar-refractivity contribution in [2.24, 2.45) is 0 Å². The lowest BCUT2D eigenvalue weighted by Gasteiger charge is -2.03. The molecule has 1 aromatic carbocycles. The fourth-order valence-corrected chi connectivity index (χ4v) is 1.26. The van der Waals surface area contributed by atoms with Crippen molar-refractivity contribution >= 4 is 11.6 Å². The SMILES string of the molecule is Nc1ccc(OCc2ccc([N+](=O)[O-])o2)cc1. The molecule has 0 radical (unpaired) electrons. The van der Waals surface area contributed by atoms with E-state index in [0.29, 0.717) is 17.2 Å². The molecule has 0 atom stereocenters. The van der Waals surface area contributed by atoms with Gasteiger partial charge in [-0.15, -0.1) is 0 Å². The molecule has 0 spiro atoms. The molecule has 6 heteroatoms. The number of benzene rings is 1. The number of furan rings is 1. The maximum Gasteiger partial charge on any atom is 0.433 e. The summed E-state index contributed by atoms with van der Waals surface area (Å²) in [6, 6.07) is 9.65. The smallest absolute Gasteiger partial charge is 0.433 e. The lowest BCUT2D eigenvalue weighted by Crippen LogP contribution is -1.94. The fourth-order valence-electron chi connectivity index (χ4n) is 1.26. The molecule has 0 aliphatic rings. The van der Waals surface area contributed by atoms with Gasteiger partial charge in [0.2, 0.25) is 0 Å². The molecule has 0 saturated carbocycles. The molecule has 0 amide bonds. The Kier molecular flexibility index (Phi) is 2.95. The molecule has 1 heterocycles. The first-order chi connectivity index (χ1) is 8.15. The van der Waals surface area contributed by atoms with Gasteiger partial charge < -0.3 is 14.9 Å². The second-order valence-electron chi connectivity index (χ2n) is 3.35. The topological polar surface area (TPSA) is 91.5 Å². The third-order valence-electron chi connectivity index (χ3n) is 2.09. The van der Waals surface area contributed by atoms with Crippen molar-refractivity contribution in [1.29, 1.82) is 0 Å². The summed E-state index contributed by atoms with van der Waals surface area (Å²) in [5, 5.41) is 10.4. The summed E-state index contributed by atoms with van der Waals surface area (Å²) in [5.74, 6) is 0.729. The van der Waals surface area contributed by atoms with Crippen LogP contribution in [0.25, 0.3) is 0 Å². The molecule has 0 bridgehead atoms. The van der Waals surface area contributed by atoms with Gasteiger partial charge in [-0.1, -0.05) is 0 Å². The van der Waals surface area contributed by atoms with Crippen molar-refractivity contribution in [3.63, 3.8) is 0 Å². The molecule has 0 saturated heterocycles. The van der Waals surface area contributed by atoms with E-state index in [-0.39, 0.29) is 12.5 Å². The van der Waals surface area contributed by atoms with Crippen LogP contribution in [-0.2, 0) is 6.61 Å². The molecular formula is C11H10N2O4. The zero-order chi connectivity index (χ0) is 12.3. The summed E-state index contributed by atoms with van der Waals surface area (Å²) < 4.78 is 10.3. The number of nitrogens with two attached hydrogens (primary N) is 1. The fraction of sp³-hybridized carbons (Fsp3) is 0.0909. The zero-order valence-electron chi connectivity index (χ0n) is 8.83. The van der Waals surface area contributed by atoms with Crippen molar-refractivity contribution in [3.05, 3.63) is 52.3 Å². The first-order valence-electron chi connectivity index (χ1n) is 4.86. The second-order valence-corrected chi connectivity index (χ2v) is 3.35. The summed E-state index contributed by atoms with van der Waals surface area (Å²) in [5.41, 5.74) is 6.17. The molecular weight excluding hydrogens is 224 g/mol. The van der Waals surface area contributed by atoms with Gasteiger partial charge in [0.1, 0.15) is 23.0 Å². The third-order valence-corrected chi connectivity index (χ3v) is 2.09. The van der Waals surface area contributed by atoms with Crippen LogP contribution in [0.2, 0.25) is 0 Å². The number of anilines is 1. The van der Waals surface area contributed by atoms with Crippen molar-refractivity contribution in [2.75, 3.05) is 5.73 Å². The van der Waals surface area contributed by atoms with Gasteiger partial charge in [0.05, 0.1) is 6.07 Å². The van der Waals surface area contributed by atoms with Crippen LogP contribution in [0, 0.1) is 10.1 Å². The standard InChI is InChI=1S/C11H10N2O4/c12-8-1-3-9(4-2-8)16-7-10-5-6-11(17-10)13(14)15/h1-6H,7,12H2. The number of hydrogen-bond donors (Lipinski definition) is 1. The summed E-state index contributed by atoms with van der Waals surface area (Å²) in [6.45, 7) is 0.137. The van der Waals surface area contributed by atoms with Crippen LogP contribution >= 0.6 is 0 Å². The minimum Gasteiger partial charge on any atom is -0.486 e. The Bertz CT molecular complexity index is 519. The van der Waals surface area contributed by atoms with E-state index in [9.17, 15) is 10.1 Å². The van der Waals surface area contributed by atoms with Crippen LogP contribution < -0.4 is 10.5 Å². The van der Waals surface area contributed by atoms with Crippen LogP contribution in [0.3, 0.4) is 0 Å². The van der Waals surface area contributed by atoms with E-state index in [1.54, 1.807) is 24.3 Å². The number of nitrogen functional groups attached to an aromatic ring is 1. The van der Waals surface area contributed by atoms with E-state index >= 15 is 0 Å². The van der Waals surface area contributed by atoms with E-state index in [1.165, 1.54) is 12.1 Å². The van der Waals surface area contributed by atoms with Gasteiger partial charge in [-0.05, 0) is 30.3 Å². The lowest BCUT2D eigenvalue weighted by atomic mass is 10.3. The van der Waals surface area contributed by atoms with Crippen molar-refractivity contribution < 1.29 is 14.1 Å². The predicted octanol–water partition coefficient (Wildman–Crippen LogP) is 2.35. The van der Waals surface area contributed by atoms with Crippen molar-refractivity contribution in [1.82, 2.24) is 0 Å². The van der Waals surface area contributed by atoms with E-state index in [1.807, 2.05) is 0 Å². The number of nitro groups is 1. The van der Waals surface area contributed by atoms with E-state index < -0.39 is 4.92 Å². The van der Waals surface area contributed by atoms with Crippen molar-refractivity contribution in [3.8, 4) is 5.75 Å². The van der Waals surface area contributed by atoms with Crippen LogP contribution in [-0.4, -0.2) is 4.92 Å². The Morgan fingerprint density at radius 3 is 2.53 bits per heavy atom. The Hall–Kier alpha value is -2.50. The molecule has 0 unspecified atom stereocenters. The molecule has 0 aliphatic carbocycles. The minimum atomic E-state index is -0.591. The molecule has 6 nitrogen and oxygen atoms in total. The maximum atomic E-state index is 10.4. The Balaban J connectivity index is 1.97. The molecule has 88 valence electrons. The summed E-state index contributed by atoms with van der Waals surface area (Å²) in [6.07, 6.45) is 0. The zero-order valence-corrected chi connectivity index (χ0v) is 8.83. The van der Waals surface area contributed by atoms with Crippen LogP contribution in [0.4, 0.5) is 11.6 Å². The van der Waals surface area contributed by atoms with Gasteiger partial charge in [0.25, 0.3) is 0 Å². The molecule has 2 rings (SSSR count). The molecule has 2 N–H and O–H groups in total. The van der Waals surface area contributed by atoms with Gasteiger partial charge in [-0.2, -0.15) is 0 Å². The Morgan fingerprint density at radius 1 is 1.24 bits per heavy atom. The van der Waals surface area contributed by atoms with Crippen LogP contribution in [0.5, 0.6) is 5.75 Å². The van der Waals surface area contributed by atoms with Gasteiger partial charge in [0, 0.05) is 5.69 Å². The normalized spacial score (nSPS) is 10.1. The van der Waals surface area contributed by atoms with Crippen LogP contribution in [0.1, 0.15) is 5.76 Å².